The molecule has 0 bridgehead atoms. The third kappa shape index (κ3) is 6.20. The van der Waals surface area contributed by atoms with Gasteiger partial charge in [-0.2, -0.15) is 0 Å². The van der Waals surface area contributed by atoms with Crippen LogP contribution in [-0.2, 0) is 11.2 Å². The Balaban J connectivity index is 0.00000172. The van der Waals surface area contributed by atoms with E-state index in [1.807, 2.05) is 36.2 Å². The highest BCUT2D eigenvalue weighted by atomic mass is 35.5. The molecule has 5 aromatic rings. The molecule has 1 atom stereocenters. The summed E-state index contributed by atoms with van der Waals surface area (Å²) in [6.45, 7) is 7.30. The molecule has 0 aliphatic heterocycles. The number of anilines is 1. The van der Waals surface area contributed by atoms with Crippen molar-refractivity contribution < 1.29 is 4.79 Å². The van der Waals surface area contributed by atoms with Crippen molar-refractivity contribution in [3.63, 3.8) is 0 Å². The van der Waals surface area contributed by atoms with Crippen molar-refractivity contribution in [3.8, 4) is 22.5 Å². The number of rotatable bonds is 8. The highest BCUT2D eigenvalue weighted by Gasteiger charge is 2.19. The molecule has 5 rings (SSSR count). The number of carbonyl (C=O) groups is 1. The summed E-state index contributed by atoms with van der Waals surface area (Å²) in [6, 6.07) is 20.6. The van der Waals surface area contributed by atoms with Crippen LogP contribution in [0.4, 0.5) is 5.82 Å². The Kier molecular flexibility index (Phi) is 9.15. The second kappa shape index (κ2) is 12.7. The molecule has 1 amide bonds. The number of carbonyl (C=O) groups excluding carboxylic acids is 1. The quantitative estimate of drug-likeness (QED) is 0.226. The number of hydrogen-bond acceptors (Lipinski definition) is 5. The zero-order chi connectivity index (χ0) is 27.9. The van der Waals surface area contributed by atoms with E-state index >= 15 is 0 Å². The van der Waals surface area contributed by atoms with Crippen LogP contribution in [0.25, 0.3) is 38.9 Å². The Morgan fingerprint density at radius 2 is 1.79 bits per heavy atom. The number of nitrogens with zero attached hydrogens (tertiary/aromatic N) is 5. The number of hydrogen-bond donors (Lipinski definition) is 1. The summed E-state index contributed by atoms with van der Waals surface area (Å²) < 4.78 is 2.05. The van der Waals surface area contributed by atoms with E-state index in [-0.39, 0.29) is 5.91 Å². The van der Waals surface area contributed by atoms with Gasteiger partial charge in [-0.25, -0.2) is 15.0 Å². The van der Waals surface area contributed by atoms with Crippen molar-refractivity contribution in [2.75, 3.05) is 25.2 Å². The summed E-state index contributed by atoms with van der Waals surface area (Å²) in [7, 11) is 0. The lowest BCUT2D eigenvalue weighted by molar-refractivity contribution is -0.128. The highest BCUT2D eigenvalue weighted by Crippen LogP contribution is 2.31. The fraction of sp³-hybridized carbons (Fsp3) is 0.290. The Morgan fingerprint density at radius 3 is 2.51 bits per heavy atom. The molecular weight excluding hydrogens is 508 g/mol. The highest BCUT2D eigenvalue weighted by molar-refractivity contribution is 6.15. The molecule has 0 fully saturated rings. The predicted octanol–water partition coefficient (Wildman–Crippen LogP) is 6.49. The van der Waals surface area contributed by atoms with E-state index in [1.54, 1.807) is 13.1 Å². The summed E-state index contributed by atoms with van der Waals surface area (Å²) in [5.41, 5.74) is 11.9. The number of benzene rings is 2. The van der Waals surface area contributed by atoms with Crippen LogP contribution >= 0.6 is 11.6 Å². The summed E-state index contributed by atoms with van der Waals surface area (Å²) in [5.74, 6) is 1.84. The van der Waals surface area contributed by atoms with E-state index in [0.717, 1.165) is 70.7 Å². The van der Waals surface area contributed by atoms with Gasteiger partial charge in [0.25, 0.3) is 0 Å². The molecule has 0 aliphatic carbocycles. The maximum absolute atomic E-state index is 11.8. The third-order valence-corrected chi connectivity index (χ3v) is 6.94. The van der Waals surface area contributed by atoms with E-state index in [2.05, 4.69) is 70.4 Å². The first-order chi connectivity index (χ1) is 18.9. The summed E-state index contributed by atoms with van der Waals surface area (Å²) in [5, 5.41) is 1.07. The maximum Gasteiger partial charge on any atom is 0.219 e. The molecule has 0 aliphatic rings. The molecule has 202 valence electrons. The van der Waals surface area contributed by atoms with Crippen LogP contribution in [0.15, 0.2) is 73.1 Å². The number of fused-ring (bicyclic) bond motifs is 2. The van der Waals surface area contributed by atoms with Gasteiger partial charge in [0.2, 0.25) is 5.91 Å². The lowest BCUT2D eigenvalue weighted by atomic mass is 10.0. The number of imidazole rings is 1. The molecular formula is C31H35ClN6O. The van der Waals surface area contributed by atoms with Crippen LogP contribution in [0, 0.1) is 5.92 Å². The number of amides is 1. The Hall–Kier alpha value is -3.97. The first-order valence-electron chi connectivity index (χ1n) is 13.2. The first-order valence-corrected chi connectivity index (χ1v) is 13.9. The number of nitrogen functional groups attached to an aromatic ring is 1. The van der Waals surface area contributed by atoms with Crippen LogP contribution in [0.1, 0.15) is 33.0 Å². The number of halogens is 1. The van der Waals surface area contributed by atoms with Gasteiger partial charge in [-0.15, -0.1) is 11.6 Å². The van der Waals surface area contributed by atoms with Crippen molar-refractivity contribution >= 4 is 39.7 Å². The van der Waals surface area contributed by atoms with Gasteiger partial charge in [-0.05, 0) is 31.4 Å². The second-order valence-electron chi connectivity index (χ2n) is 9.57. The first kappa shape index (κ1) is 28.0. The molecule has 0 spiro atoms. The number of pyridine rings is 1. The maximum atomic E-state index is 11.8. The minimum Gasteiger partial charge on any atom is -0.382 e. The van der Waals surface area contributed by atoms with Crippen molar-refractivity contribution in [1.29, 1.82) is 0 Å². The topological polar surface area (TPSA) is 89.4 Å². The fourth-order valence-electron chi connectivity index (χ4n) is 4.83. The van der Waals surface area contributed by atoms with Crippen molar-refractivity contribution in [3.05, 3.63) is 78.9 Å². The predicted molar refractivity (Wildman–Crippen MR) is 161 cm³/mol. The zero-order valence-electron chi connectivity index (χ0n) is 22.9. The third-order valence-electron chi connectivity index (χ3n) is 6.94. The molecule has 0 saturated heterocycles. The van der Waals surface area contributed by atoms with Crippen LogP contribution < -0.4 is 5.73 Å². The van der Waals surface area contributed by atoms with Gasteiger partial charge in [0, 0.05) is 61.7 Å². The smallest absolute Gasteiger partial charge is 0.219 e. The van der Waals surface area contributed by atoms with Gasteiger partial charge in [0.05, 0.1) is 11.2 Å². The lowest BCUT2D eigenvalue weighted by Gasteiger charge is -2.21. The summed E-state index contributed by atoms with van der Waals surface area (Å²) in [6.07, 6.45) is 6.78. The Morgan fingerprint density at radius 1 is 1.05 bits per heavy atom. The van der Waals surface area contributed by atoms with E-state index in [1.165, 1.54) is 6.38 Å². The van der Waals surface area contributed by atoms with Gasteiger partial charge in [-0.1, -0.05) is 55.5 Å². The normalized spacial score (nSPS) is 11.7. The monoisotopic (exact) mass is 542 g/mol. The average Bonchev–Trinajstić information content (AvgIpc) is 3.33. The molecule has 8 heteroatoms. The van der Waals surface area contributed by atoms with Crippen LogP contribution in [0.5, 0.6) is 0 Å². The molecule has 3 aromatic heterocycles. The molecule has 2 aromatic carbocycles. The fourth-order valence-corrected chi connectivity index (χ4v) is 4.83. The van der Waals surface area contributed by atoms with Gasteiger partial charge >= 0.3 is 0 Å². The van der Waals surface area contributed by atoms with E-state index in [9.17, 15) is 4.79 Å². The van der Waals surface area contributed by atoms with E-state index < -0.39 is 0 Å². The molecule has 3 heterocycles. The van der Waals surface area contributed by atoms with Crippen molar-refractivity contribution in [1.82, 2.24) is 24.3 Å². The minimum absolute atomic E-state index is 0.113. The van der Waals surface area contributed by atoms with Crippen molar-refractivity contribution in [2.45, 2.75) is 33.6 Å². The van der Waals surface area contributed by atoms with Gasteiger partial charge in [-0.3, -0.25) is 9.20 Å². The molecule has 1 unspecified atom stereocenters. The van der Waals surface area contributed by atoms with E-state index in [0.29, 0.717) is 11.7 Å². The largest absolute Gasteiger partial charge is 0.382 e. The van der Waals surface area contributed by atoms with Crippen molar-refractivity contribution in [2.24, 2.45) is 5.92 Å². The lowest BCUT2D eigenvalue weighted by Crippen LogP contribution is -2.30. The molecule has 0 saturated carbocycles. The Bertz CT molecular complexity index is 1570. The van der Waals surface area contributed by atoms with Gasteiger partial charge in [0.15, 0.2) is 0 Å². The van der Waals surface area contributed by atoms with Crippen LogP contribution in [0.2, 0.25) is 0 Å². The average molecular weight is 543 g/mol. The standard InChI is InChI=1S/C30H32N6O.CH3Cl/c1-4-35(21(3)37)16-14-20(2)18-27-34-28(29-30(31)32-15-17-36(27)29)24-11-10-23-12-13-25(33-26(23)19-24)22-8-6-5-7-9-22;1-2/h5-13,15,17,19-20H,4,14,16,18H2,1-3H3,(H2,31,32);1H3. The Labute approximate surface area is 234 Å². The molecule has 0 radical (unpaired) electrons. The van der Waals surface area contributed by atoms with Crippen LogP contribution in [0.3, 0.4) is 0 Å². The van der Waals surface area contributed by atoms with Crippen LogP contribution in [-0.4, -0.2) is 49.6 Å². The van der Waals surface area contributed by atoms with E-state index in [4.69, 9.17) is 15.7 Å². The number of aromatic nitrogens is 4. The summed E-state index contributed by atoms with van der Waals surface area (Å²) in [4.78, 5) is 28.0. The van der Waals surface area contributed by atoms with Gasteiger partial charge < -0.3 is 10.6 Å². The number of alkyl halides is 1. The number of nitrogens with two attached hydrogens (primary N) is 1. The molecule has 2 N–H and O–H groups in total. The zero-order valence-corrected chi connectivity index (χ0v) is 23.7. The second-order valence-corrected chi connectivity index (χ2v) is 9.57. The SMILES string of the molecule is CCN(CCC(C)Cc1nc(-c2ccc3ccc(-c4ccccc4)nc3c2)c2c(N)nccn12)C(C)=O.CCl. The minimum atomic E-state index is 0.113. The van der Waals surface area contributed by atoms with Gasteiger partial charge in [0.1, 0.15) is 22.9 Å². The molecule has 39 heavy (non-hydrogen) atoms. The molecule has 7 nitrogen and oxygen atoms in total. The summed E-state index contributed by atoms with van der Waals surface area (Å²) >= 11 is 4.64.